The second kappa shape index (κ2) is 9.28. The van der Waals surface area contributed by atoms with E-state index in [1.54, 1.807) is 0 Å². The molecule has 0 radical (unpaired) electrons. The van der Waals surface area contributed by atoms with Crippen LogP contribution in [0.15, 0.2) is 0 Å². The lowest BCUT2D eigenvalue weighted by molar-refractivity contribution is 0.0203. The third-order valence-electron chi connectivity index (χ3n) is 1.11. The van der Waals surface area contributed by atoms with Crippen molar-refractivity contribution in [2.75, 3.05) is 33.0 Å². The van der Waals surface area contributed by atoms with Gasteiger partial charge in [0.05, 0.1) is 26.4 Å². The van der Waals surface area contributed by atoms with Gasteiger partial charge in [-0.2, -0.15) is 0 Å². The fourth-order valence-corrected chi connectivity index (χ4v) is 0.578. The first-order valence-corrected chi connectivity index (χ1v) is 4.29. The predicted molar refractivity (Wildman–Crippen MR) is 45.5 cm³/mol. The summed E-state index contributed by atoms with van der Waals surface area (Å²) in [6.45, 7) is 2.94. The van der Waals surface area contributed by atoms with Gasteiger partial charge in [0.1, 0.15) is 6.61 Å². The predicted octanol–water partition coefficient (Wildman–Crippen LogP) is 0.558. The Morgan fingerprint density at radius 1 is 1.15 bits per heavy atom. The first kappa shape index (κ1) is 12.2. The maximum atomic E-state index is 10.7. The average molecular weight is 192 g/mol. The molecule has 0 unspecified atom stereocenters. The molecule has 0 spiro atoms. The van der Waals surface area contributed by atoms with Gasteiger partial charge in [0.2, 0.25) is 0 Å². The standard InChI is InChI=1S/C8H16O5/c1-2-4-12-8(10)13-7-6-11-5-3-9/h9H,2-7H2,1H3. The van der Waals surface area contributed by atoms with Crippen LogP contribution in [0.1, 0.15) is 13.3 Å². The van der Waals surface area contributed by atoms with E-state index in [2.05, 4.69) is 9.47 Å². The Morgan fingerprint density at radius 2 is 1.85 bits per heavy atom. The maximum Gasteiger partial charge on any atom is 0.508 e. The number of aliphatic hydroxyl groups is 1. The number of rotatable bonds is 7. The Labute approximate surface area is 77.6 Å². The van der Waals surface area contributed by atoms with Crippen LogP contribution in [0.2, 0.25) is 0 Å². The van der Waals surface area contributed by atoms with Crippen molar-refractivity contribution < 1.29 is 24.1 Å². The molecule has 0 amide bonds. The van der Waals surface area contributed by atoms with Gasteiger partial charge in [-0.15, -0.1) is 0 Å². The highest BCUT2D eigenvalue weighted by Crippen LogP contribution is 1.87. The molecule has 78 valence electrons. The maximum absolute atomic E-state index is 10.7. The largest absolute Gasteiger partial charge is 0.508 e. The quantitative estimate of drug-likeness (QED) is 0.471. The van der Waals surface area contributed by atoms with Gasteiger partial charge in [-0.25, -0.2) is 4.79 Å². The van der Waals surface area contributed by atoms with E-state index in [0.29, 0.717) is 6.61 Å². The molecule has 13 heavy (non-hydrogen) atoms. The highest BCUT2D eigenvalue weighted by Gasteiger charge is 2.01. The van der Waals surface area contributed by atoms with Crippen molar-refractivity contribution in [3.8, 4) is 0 Å². The molecule has 0 heterocycles. The Hall–Kier alpha value is -0.810. The van der Waals surface area contributed by atoms with Crippen LogP contribution in [0.5, 0.6) is 0 Å². The van der Waals surface area contributed by atoms with Crippen LogP contribution in [0.4, 0.5) is 4.79 Å². The minimum atomic E-state index is -0.672. The molecule has 0 aliphatic rings. The molecule has 0 fully saturated rings. The average Bonchev–Trinajstić information content (AvgIpc) is 2.14. The molecule has 0 aliphatic carbocycles. The van der Waals surface area contributed by atoms with Gasteiger partial charge in [-0.05, 0) is 6.42 Å². The summed E-state index contributed by atoms with van der Waals surface area (Å²) in [4.78, 5) is 10.7. The number of carbonyl (C=O) groups excluding carboxylic acids is 1. The van der Waals surface area contributed by atoms with Crippen LogP contribution in [-0.4, -0.2) is 44.3 Å². The SMILES string of the molecule is CCCOC(=O)OCCOCCO. The van der Waals surface area contributed by atoms with E-state index in [-0.39, 0.29) is 26.4 Å². The van der Waals surface area contributed by atoms with Crippen LogP contribution >= 0.6 is 0 Å². The lowest BCUT2D eigenvalue weighted by Crippen LogP contribution is -2.13. The smallest absolute Gasteiger partial charge is 0.434 e. The van der Waals surface area contributed by atoms with Gasteiger partial charge in [0.15, 0.2) is 0 Å². The third-order valence-corrected chi connectivity index (χ3v) is 1.11. The van der Waals surface area contributed by atoms with Crippen LogP contribution < -0.4 is 0 Å². The Bertz CT molecular complexity index is 126. The zero-order chi connectivity index (χ0) is 9.94. The zero-order valence-corrected chi connectivity index (χ0v) is 7.82. The zero-order valence-electron chi connectivity index (χ0n) is 7.82. The van der Waals surface area contributed by atoms with E-state index < -0.39 is 6.16 Å². The van der Waals surface area contributed by atoms with Gasteiger partial charge in [-0.3, -0.25) is 0 Å². The van der Waals surface area contributed by atoms with Crippen LogP contribution in [0.25, 0.3) is 0 Å². The normalized spacial score (nSPS) is 9.69. The van der Waals surface area contributed by atoms with Crippen molar-refractivity contribution in [1.82, 2.24) is 0 Å². The molecular weight excluding hydrogens is 176 g/mol. The van der Waals surface area contributed by atoms with Gasteiger partial charge in [-0.1, -0.05) is 6.92 Å². The fourth-order valence-electron chi connectivity index (χ4n) is 0.578. The van der Waals surface area contributed by atoms with E-state index in [9.17, 15) is 4.79 Å². The summed E-state index contributed by atoms with van der Waals surface area (Å²) in [5, 5.41) is 8.33. The first-order valence-electron chi connectivity index (χ1n) is 4.29. The molecular formula is C8H16O5. The monoisotopic (exact) mass is 192 g/mol. The summed E-state index contributed by atoms with van der Waals surface area (Å²) in [7, 11) is 0. The summed E-state index contributed by atoms with van der Waals surface area (Å²) in [5.41, 5.74) is 0. The molecule has 5 nitrogen and oxygen atoms in total. The topological polar surface area (TPSA) is 65.0 Å². The molecule has 0 aromatic heterocycles. The minimum Gasteiger partial charge on any atom is -0.434 e. The fraction of sp³-hybridized carbons (Fsp3) is 0.875. The summed E-state index contributed by atoms with van der Waals surface area (Å²) in [6, 6.07) is 0. The van der Waals surface area contributed by atoms with E-state index in [0.717, 1.165) is 6.42 Å². The van der Waals surface area contributed by atoms with Crippen molar-refractivity contribution in [2.45, 2.75) is 13.3 Å². The van der Waals surface area contributed by atoms with E-state index in [1.807, 2.05) is 6.92 Å². The van der Waals surface area contributed by atoms with Crippen molar-refractivity contribution in [3.63, 3.8) is 0 Å². The second-order valence-electron chi connectivity index (χ2n) is 2.28. The highest BCUT2D eigenvalue weighted by atomic mass is 16.7. The van der Waals surface area contributed by atoms with Gasteiger partial charge >= 0.3 is 6.16 Å². The molecule has 0 aliphatic heterocycles. The summed E-state index contributed by atoms with van der Waals surface area (Å²) < 4.78 is 14.1. The van der Waals surface area contributed by atoms with Gasteiger partial charge in [0, 0.05) is 0 Å². The van der Waals surface area contributed by atoms with Crippen molar-refractivity contribution in [3.05, 3.63) is 0 Å². The van der Waals surface area contributed by atoms with Crippen LogP contribution in [0, 0.1) is 0 Å². The number of carbonyl (C=O) groups is 1. The van der Waals surface area contributed by atoms with Gasteiger partial charge in [0.25, 0.3) is 0 Å². The first-order chi connectivity index (χ1) is 6.31. The Morgan fingerprint density at radius 3 is 2.46 bits per heavy atom. The lowest BCUT2D eigenvalue weighted by Gasteiger charge is -2.05. The number of hydrogen-bond acceptors (Lipinski definition) is 5. The molecule has 5 heteroatoms. The number of ether oxygens (including phenoxy) is 3. The van der Waals surface area contributed by atoms with E-state index in [1.165, 1.54) is 0 Å². The molecule has 0 bridgehead atoms. The van der Waals surface area contributed by atoms with Crippen LogP contribution in [-0.2, 0) is 14.2 Å². The summed E-state index contributed by atoms with van der Waals surface area (Å²) >= 11 is 0. The van der Waals surface area contributed by atoms with Crippen molar-refractivity contribution >= 4 is 6.16 Å². The Balaban J connectivity index is 3.08. The van der Waals surface area contributed by atoms with Crippen molar-refractivity contribution in [2.24, 2.45) is 0 Å². The molecule has 0 rings (SSSR count). The van der Waals surface area contributed by atoms with E-state index in [4.69, 9.17) is 9.84 Å². The minimum absolute atomic E-state index is 0.0275. The number of hydrogen-bond donors (Lipinski definition) is 1. The second-order valence-corrected chi connectivity index (χ2v) is 2.28. The Kier molecular flexibility index (Phi) is 8.70. The molecule has 0 atom stereocenters. The van der Waals surface area contributed by atoms with E-state index >= 15 is 0 Å². The summed E-state index contributed by atoms with van der Waals surface area (Å²) in [6.07, 6.45) is 0.102. The molecule has 0 aromatic rings. The van der Waals surface area contributed by atoms with Crippen molar-refractivity contribution in [1.29, 1.82) is 0 Å². The summed E-state index contributed by atoms with van der Waals surface area (Å²) in [5.74, 6) is 0. The molecule has 0 saturated heterocycles. The van der Waals surface area contributed by atoms with Gasteiger partial charge < -0.3 is 19.3 Å². The molecule has 1 N–H and O–H groups in total. The van der Waals surface area contributed by atoms with Crippen LogP contribution in [0.3, 0.4) is 0 Å². The molecule has 0 aromatic carbocycles. The molecule has 0 saturated carbocycles. The third kappa shape index (κ3) is 9.10. The highest BCUT2D eigenvalue weighted by molar-refractivity contribution is 5.59. The number of aliphatic hydroxyl groups excluding tert-OH is 1. The lowest BCUT2D eigenvalue weighted by atomic mass is 10.5.